The minimum Gasteiger partial charge on any atom is -0.330 e. The van der Waals surface area contributed by atoms with Gasteiger partial charge in [0.1, 0.15) is 0 Å². The normalized spacial score (nSPS) is 22.9. The summed E-state index contributed by atoms with van der Waals surface area (Å²) in [5.41, 5.74) is 8.16. The molecule has 1 unspecified atom stereocenters. The molecule has 1 heterocycles. The van der Waals surface area contributed by atoms with Gasteiger partial charge in [0.2, 0.25) is 5.91 Å². The van der Waals surface area contributed by atoms with E-state index >= 15 is 0 Å². The Morgan fingerprint density at radius 1 is 1.20 bits per heavy atom. The number of fused-ring (bicyclic) bond motifs is 1. The van der Waals surface area contributed by atoms with Crippen LogP contribution in [0.25, 0.3) is 0 Å². The molecule has 3 nitrogen and oxygen atoms in total. The first-order chi connectivity index (χ1) is 9.81. The lowest BCUT2D eigenvalue weighted by molar-refractivity contribution is -0.123. The van der Waals surface area contributed by atoms with Gasteiger partial charge in [-0.05, 0) is 37.4 Å². The fourth-order valence-corrected chi connectivity index (χ4v) is 3.72. The summed E-state index contributed by atoms with van der Waals surface area (Å²) in [6.07, 6.45) is 6.80. The van der Waals surface area contributed by atoms with Crippen LogP contribution >= 0.6 is 0 Å². The maximum atomic E-state index is 12.8. The SMILES string of the molecule is NCCC1CN(C(=O)C2CCCCC2)c2ccccc21. The van der Waals surface area contributed by atoms with Gasteiger partial charge < -0.3 is 10.6 Å². The van der Waals surface area contributed by atoms with Crippen molar-refractivity contribution in [3.63, 3.8) is 0 Å². The molecule has 1 aliphatic heterocycles. The summed E-state index contributed by atoms with van der Waals surface area (Å²) in [4.78, 5) is 14.8. The number of rotatable bonds is 3. The van der Waals surface area contributed by atoms with E-state index in [1.807, 2.05) is 11.0 Å². The average molecular weight is 272 g/mol. The summed E-state index contributed by atoms with van der Waals surface area (Å²) in [5.74, 6) is 1.01. The quantitative estimate of drug-likeness (QED) is 0.919. The van der Waals surface area contributed by atoms with Crippen LogP contribution in [-0.4, -0.2) is 19.0 Å². The monoisotopic (exact) mass is 272 g/mol. The van der Waals surface area contributed by atoms with Crippen LogP contribution in [0.4, 0.5) is 5.69 Å². The Kier molecular flexibility index (Phi) is 4.06. The van der Waals surface area contributed by atoms with E-state index in [9.17, 15) is 4.79 Å². The fourth-order valence-electron chi connectivity index (χ4n) is 3.72. The van der Waals surface area contributed by atoms with Gasteiger partial charge in [0, 0.05) is 24.1 Å². The highest BCUT2D eigenvalue weighted by atomic mass is 16.2. The molecule has 108 valence electrons. The van der Waals surface area contributed by atoms with Gasteiger partial charge in [-0.25, -0.2) is 0 Å². The predicted octanol–water partition coefficient (Wildman–Crippen LogP) is 3.05. The van der Waals surface area contributed by atoms with Gasteiger partial charge in [0.05, 0.1) is 0 Å². The van der Waals surface area contributed by atoms with Crippen molar-refractivity contribution in [1.29, 1.82) is 0 Å². The van der Waals surface area contributed by atoms with E-state index < -0.39 is 0 Å². The molecule has 20 heavy (non-hydrogen) atoms. The summed E-state index contributed by atoms with van der Waals surface area (Å²) in [5, 5.41) is 0. The number of carbonyl (C=O) groups excluding carboxylic acids is 1. The predicted molar refractivity (Wildman–Crippen MR) is 81.8 cm³/mol. The number of amides is 1. The van der Waals surface area contributed by atoms with Crippen molar-refractivity contribution >= 4 is 11.6 Å². The number of nitrogens with zero attached hydrogens (tertiary/aromatic N) is 1. The molecule has 2 aliphatic rings. The van der Waals surface area contributed by atoms with Crippen molar-refractivity contribution in [1.82, 2.24) is 0 Å². The van der Waals surface area contributed by atoms with Crippen LogP contribution in [0.3, 0.4) is 0 Å². The van der Waals surface area contributed by atoms with Gasteiger partial charge in [-0.2, -0.15) is 0 Å². The molecular weight excluding hydrogens is 248 g/mol. The molecule has 0 radical (unpaired) electrons. The van der Waals surface area contributed by atoms with Gasteiger partial charge >= 0.3 is 0 Å². The van der Waals surface area contributed by atoms with Crippen LogP contribution in [0, 0.1) is 5.92 Å². The summed E-state index contributed by atoms with van der Waals surface area (Å²) < 4.78 is 0. The first-order valence-corrected chi connectivity index (χ1v) is 7.91. The smallest absolute Gasteiger partial charge is 0.230 e. The van der Waals surface area contributed by atoms with E-state index in [-0.39, 0.29) is 5.92 Å². The highest BCUT2D eigenvalue weighted by molar-refractivity contribution is 5.97. The van der Waals surface area contributed by atoms with E-state index in [2.05, 4.69) is 18.2 Å². The second kappa shape index (κ2) is 5.96. The molecule has 1 aromatic carbocycles. The molecule has 3 heteroatoms. The van der Waals surface area contributed by atoms with Crippen LogP contribution < -0.4 is 10.6 Å². The minimum absolute atomic E-state index is 0.244. The molecule has 1 saturated carbocycles. The minimum atomic E-state index is 0.244. The second-order valence-corrected chi connectivity index (χ2v) is 6.12. The lowest BCUT2D eigenvalue weighted by Gasteiger charge is -2.27. The zero-order chi connectivity index (χ0) is 13.9. The summed E-state index contributed by atoms with van der Waals surface area (Å²) in [6.45, 7) is 1.51. The van der Waals surface area contributed by atoms with E-state index in [0.29, 0.717) is 18.4 Å². The molecule has 1 aliphatic carbocycles. The highest BCUT2D eigenvalue weighted by Gasteiger charge is 2.34. The van der Waals surface area contributed by atoms with Crippen LogP contribution in [0.5, 0.6) is 0 Å². The van der Waals surface area contributed by atoms with E-state index in [1.165, 1.54) is 24.8 Å². The van der Waals surface area contributed by atoms with E-state index in [4.69, 9.17) is 5.73 Å². The average Bonchev–Trinajstić information content (AvgIpc) is 2.87. The Bertz CT molecular complexity index is 480. The van der Waals surface area contributed by atoms with Gasteiger partial charge in [-0.3, -0.25) is 4.79 Å². The summed E-state index contributed by atoms with van der Waals surface area (Å²) >= 11 is 0. The number of carbonyl (C=O) groups is 1. The van der Waals surface area contributed by atoms with Gasteiger partial charge in [-0.1, -0.05) is 37.5 Å². The zero-order valence-corrected chi connectivity index (χ0v) is 12.1. The molecule has 0 saturated heterocycles. The Hall–Kier alpha value is -1.35. The molecule has 0 spiro atoms. The standard InChI is InChI=1S/C17H24N2O/c18-11-10-14-12-19(16-9-5-4-8-15(14)16)17(20)13-6-2-1-3-7-13/h4-5,8-9,13-14H,1-3,6-7,10-12,18H2. The molecule has 1 amide bonds. The number of anilines is 1. The number of benzene rings is 1. The number of para-hydroxylation sites is 1. The second-order valence-electron chi connectivity index (χ2n) is 6.12. The topological polar surface area (TPSA) is 46.3 Å². The van der Waals surface area contributed by atoms with Crippen molar-refractivity contribution in [3.05, 3.63) is 29.8 Å². The molecular formula is C17H24N2O. The largest absolute Gasteiger partial charge is 0.330 e. The fraction of sp³-hybridized carbons (Fsp3) is 0.588. The molecule has 0 aromatic heterocycles. The summed E-state index contributed by atoms with van der Waals surface area (Å²) in [6, 6.07) is 8.35. The van der Waals surface area contributed by atoms with Crippen LogP contribution in [-0.2, 0) is 4.79 Å². The third kappa shape index (κ3) is 2.47. The Labute approximate surface area is 121 Å². The first-order valence-electron chi connectivity index (χ1n) is 7.91. The van der Waals surface area contributed by atoms with Gasteiger partial charge in [0.25, 0.3) is 0 Å². The summed E-state index contributed by atoms with van der Waals surface area (Å²) in [7, 11) is 0. The van der Waals surface area contributed by atoms with Crippen LogP contribution in [0.1, 0.15) is 50.0 Å². The van der Waals surface area contributed by atoms with E-state index in [0.717, 1.165) is 31.5 Å². The molecule has 1 atom stereocenters. The van der Waals surface area contributed by atoms with Gasteiger partial charge in [-0.15, -0.1) is 0 Å². The number of hydrogen-bond donors (Lipinski definition) is 1. The maximum absolute atomic E-state index is 12.8. The van der Waals surface area contributed by atoms with Crippen molar-refractivity contribution in [2.75, 3.05) is 18.0 Å². The van der Waals surface area contributed by atoms with E-state index in [1.54, 1.807) is 0 Å². The lowest BCUT2D eigenvalue weighted by Crippen LogP contribution is -2.36. The maximum Gasteiger partial charge on any atom is 0.230 e. The third-order valence-corrected chi connectivity index (χ3v) is 4.81. The Balaban J connectivity index is 1.82. The lowest BCUT2D eigenvalue weighted by atomic mass is 9.88. The number of hydrogen-bond acceptors (Lipinski definition) is 2. The molecule has 2 N–H and O–H groups in total. The molecule has 3 rings (SSSR count). The van der Waals surface area contributed by atoms with Crippen molar-refractivity contribution in [3.8, 4) is 0 Å². The Morgan fingerprint density at radius 2 is 1.95 bits per heavy atom. The van der Waals surface area contributed by atoms with Crippen molar-refractivity contribution in [2.24, 2.45) is 11.7 Å². The third-order valence-electron chi connectivity index (χ3n) is 4.81. The first kappa shape index (κ1) is 13.6. The van der Waals surface area contributed by atoms with Gasteiger partial charge in [0.15, 0.2) is 0 Å². The molecule has 1 aromatic rings. The highest BCUT2D eigenvalue weighted by Crippen LogP contribution is 2.39. The van der Waals surface area contributed by atoms with Crippen LogP contribution in [0.2, 0.25) is 0 Å². The molecule has 1 fully saturated rings. The zero-order valence-electron chi connectivity index (χ0n) is 12.1. The number of nitrogens with two attached hydrogens (primary N) is 1. The molecule has 0 bridgehead atoms. The van der Waals surface area contributed by atoms with Crippen molar-refractivity contribution in [2.45, 2.75) is 44.4 Å². The Morgan fingerprint density at radius 3 is 2.70 bits per heavy atom. The van der Waals surface area contributed by atoms with Crippen LogP contribution in [0.15, 0.2) is 24.3 Å². The van der Waals surface area contributed by atoms with Crippen molar-refractivity contribution < 1.29 is 4.79 Å².